The lowest BCUT2D eigenvalue weighted by Crippen LogP contribution is -2.14. The molecule has 5 nitrogen and oxygen atoms in total. The van der Waals surface area contributed by atoms with Crippen LogP contribution in [0.3, 0.4) is 0 Å². The van der Waals surface area contributed by atoms with Crippen LogP contribution in [0.25, 0.3) is 21.5 Å². The average molecular weight is 295 g/mol. The summed E-state index contributed by atoms with van der Waals surface area (Å²) in [5.74, 6) is 0. The van der Waals surface area contributed by atoms with Gasteiger partial charge in [0.2, 0.25) is 0 Å². The molecule has 0 unspecified atom stereocenters. The number of nitrogens with zero attached hydrogens (tertiary/aromatic N) is 1. The molecule has 3 aromatic rings. The third-order valence-corrected chi connectivity index (χ3v) is 3.69. The summed E-state index contributed by atoms with van der Waals surface area (Å²) in [5, 5.41) is 11.4. The van der Waals surface area contributed by atoms with E-state index in [1.54, 1.807) is 0 Å². The van der Waals surface area contributed by atoms with Gasteiger partial charge in [0.15, 0.2) is 0 Å². The van der Waals surface area contributed by atoms with Crippen molar-refractivity contribution in [3.8, 4) is 0 Å². The summed E-state index contributed by atoms with van der Waals surface area (Å²) in [7, 11) is 0. The molecule has 0 saturated carbocycles. The fourth-order valence-electron chi connectivity index (χ4n) is 2.65. The smallest absolute Gasteiger partial charge is 0.0422 e. The molecule has 1 heterocycles. The first-order chi connectivity index (χ1) is 10.8. The number of nitrogens with one attached hydrogen (secondary N) is 2. The summed E-state index contributed by atoms with van der Waals surface area (Å²) in [5.41, 5.74) is 13.4. The molecule has 5 heteroatoms. The number of aromatic nitrogens is 1. The van der Waals surface area contributed by atoms with Crippen LogP contribution in [0.4, 0.5) is 11.4 Å². The van der Waals surface area contributed by atoms with E-state index in [0.717, 1.165) is 35.2 Å². The molecule has 0 spiro atoms. The van der Waals surface area contributed by atoms with Crippen LogP contribution in [0.2, 0.25) is 0 Å². The zero-order valence-electron chi connectivity index (χ0n) is 12.5. The quantitative estimate of drug-likeness (QED) is 0.523. The van der Waals surface area contributed by atoms with Crippen molar-refractivity contribution in [3.63, 3.8) is 0 Å². The minimum absolute atomic E-state index is 0.601. The Bertz CT molecular complexity index is 718. The van der Waals surface area contributed by atoms with Gasteiger partial charge < -0.3 is 22.1 Å². The van der Waals surface area contributed by atoms with E-state index < -0.39 is 0 Å². The molecular formula is C17H21N5. The number of hydrogen-bond acceptors (Lipinski definition) is 5. The number of nitrogens with two attached hydrogens (primary N) is 2. The van der Waals surface area contributed by atoms with E-state index in [1.807, 2.05) is 18.5 Å². The second kappa shape index (κ2) is 6.60. The van der Waals surface area contributed by atoms with Gasteiger partial charge in [-0.2, -0.15) is 0 Å². The van der Waals surface area contributed by atoms with Crippen molar-refractivity contribution >= 4 is 32.9 Å². The van der Waals surface area contributed by atoms with Crippen molar-refractivity contribution in [3.05, 3.63) is 42.7 Å². The van der Waals surface area contributed by atoms with Crippen LogP contribution in [-0.4, -0.2) is 31.2 Å². The van der Waals surface area contributed by atoms with Crippen LogP contribution >= 0.6 is 0 Å². The minimum atomic E-state index is 0.601. The Morgan fingerprint density at radius 1 is 0.818 bits per heavy atom. The van der Waals surface area contributed by atoms with Gasteiger partial charge in [-0.05, 0) is 35.7 Å². The zero-order valence-corrected chi connectivity index (χ0v) is 12.5. The van der Waals surface area contributed by atoms with Crippen molar-refractivity contribution in [2.45, 2.75) is 0 Å². The monoisotopic (exact) mass is 295 g/mol. The van der Waals surface area contributed by atoms with Crippen LogP contribution in [0.5, 0.6) is 0 Å². The molecule has 0 aliphatic heterocycles. The van der Waals surface area contributed by atoms with Crippen molar-refractivity contribution in [1.29, 1.82) is 0 Å². The molecule has 2 aromatic carbocycles. The first-order valence-electron chi connectivity index (χ1n) is 7.52. The Kier molecular flexibility index (Phi) is 4.37. The maximum absolute atomic E-state index is 5.61. The number of benzene rings is 2. The second-order valence-electron chi connectivity index (χ2n) is 5.21. The Hall–Kier alpha value is -2.37. The number of anilines is 2. The molecule has 0 amide bonds. The number of fused-ring (bicyclic) bond motifs is 2. The van der Waals surface area contributed by atoms with Crippen LogP contribution in [0, 0.1) is 0 Å². The lowest BCUT2D eigenvalue weighted by molar-refractivity contribution is 1.02. The van der Waals surface area contributed by atoms with Gasteiger partial charge in [0.1, 0.15) is 0 Å². The Labute approximate surface area is 129 Å². The molecular weight excluding hydrogens is 274 g/mol. The number of pyridine rings is 1. The highest BCUT2D eigenvalue weighted by Crippen LogP contribution is 2.33. The van der Waals surface area contributed by atoms with Gasteiger partial charge in [-0.3, -0.25) is 4.98 Å². The van der Waals surface area contributed by atoms with Crippen LogP contribution < -0.4 is 22.1 Å². The molecule has 0 radical (unpaired) electrons. The Morgan fingerprint density at radius 3 is 2.00 bits per heavy atom. The average Bonchev–Trinajstić information content (AvgIpc) is 2.57. The zero-order chi connectivity index (χ0) is 15.4. The summed E-state index contributed by atoms with van der Waals surface area (Å²) in [4.78, 5) is 4.21. The first-order valence-corrected chi connectivity index (χ1v) is 7.52. The molecule has 0 fully saturated rings. The summed E-state index contributed by atoms with van der Waals surface area (Å²) in [6, 6.07) is 10.6. The van der Waals surface area contributed by atoms with E-state index >= 15 is 0 Å². The maximum atomic E-state index is 5.61. The number of rotatable bonds is 6. The van der Waals surface area contributed by atoms with Crippen LogP contribution in [0.1, 0.15) is 0 Å². The van der Waals surface area contributed by atoms with Gasteiger partial charge >= 0.3 is 0 Å². The largest absolute Gasteiger partial charge is 0.383 e. The Balaban J connectivity index is 2.18. The van der Waals surface area contributed by atoms with Crippen molar-refractivity contribution in [2.75, 3.05) is 36.8 Å². The predicted octanol–water partition coefficient (Wildman–Crippen LogP) is 2.13. The normalized spacial score (nSPS) is 11.0. The summed E-state index contributed by atoms with van der Waals surface area (Å²) in [6.45, 7) is 2.70. The summed E-state index contributed by atoms with van der Waals surface area (Å²) in [6.07, 6.45) is 3.71. The summed E-state index contributed by atoms with van der Waals surface area (Å²) < 4.78 is 0. The molecule has 0 atom stereocenters. The van der Waals surface area contributed by atoms with Crippen molar-refractivity contribution in [2.24, 2.45) is 11.5 Å². The van der Waals surface area contributed by atoms with Crippen molar-refractivity contribution in [1.82, 2.24) is 4.98 Å². The highest BCUT2D eigenvalue weighted by atomic mass is 14.9. The van der Waals surface area contributed by atoms with Crippen LogP contribution in [0.15, 0.2) is 42.7 Å². The molecule has 0 aliphatic rings. The van der Waals surface area contributed by atoms with Gasteiger partial charge in [-0.1, -0.05) is 0 Å². The van der Waals surface area contributed by atoms with Gasteiger partial charge in [0, 0.05) is 66.1 Å². The van der Waals surface area contributed by atoms with Gasteiger partial charge in [-0.15, -0.1) is 0 Å². The minimum Gasteiger partial charge on any atom is -0.383 e. The molecule has 0 aliphatic carbocycles. The van der Waals surface area contributed by atoms with Gasteiger partial charge in [0.05, 0.1) is 0 Å². The van der Waals surface area contributed by atoms with E-state index in [1.165, 1.54) is 10.8 Å². The third-order valence-electron chi connectivity index (χ3n) is 3.69. The number of hydrogen-bond donors (Lipinski definition) is 4. The first kappa shape index (κ1) is 14.6. The third kappa shape index (κ3) is 2.81. The maximum Gasteiger partial charge on any atom is 0.0422 e. The van der Waals surface area contributed by atoms with E-state index in [0.29, 0.717) is 13.1 Å². The molecule has 0 bridgehead atoms. The molecule has 114 valence electrons. The van der Waals surface area contributed by atoms with E-state index in [4.69, 9.17) is 11.5 Å². The molecule has 22 heavy (non-hydrogen) atoms. The molecule has 0 saturated heterocycles. The molecule has 1 aromatic heterocycles. The fraction of sp³-hybridized carbons (Fsp3) is 0.235. The van der Waals surface area contributed by atoms with E-state index in [9.17, 15) is 0 Å². The highest BCUT2D eigenvalue weighted by molar-refractivity contribution is 6.08. The van der Waals surface area contributed by atoms with Gasteiger partial charge in [0.25, 0.3) is 0 Å². The fourth-order valence-corrected chi connectivity index (χ4v) is 2.65. The second-order valence-corrected chi connectivity index (χ2v) is 5.21. The van der Waals surface area contributed by atoms with E-state index in [2.05, 4.69) is 39.9 Å². The Morgan fingerprint density at radius 2 is 1.41 bits per heavy atom. The molecule has 3 rings (SSSR count). The lowest BCUT2D eigenvalue weighted by atomic mass is 10.0. The van der Waals surface area contributed by atoms with Crippen LogP contribution in [-0.2, 0) is 0 Å². The SMILES string of the molecule is NCCNc1ccc(NCCN)c2cc3cnccc3cc12. The molecule has 6 N–H and O–H groups in total. The van der Waals surface area contributed by atoms with Crippen molar-refractivity contribution < 1.29 is 0 Å². The van der Waals surface area contributed by atoms with E-state index in [-0.39, 0.29) is 0 Å². The highest BCUT2D eigenvalue weighted by Gasteiger charge is 2.07. The lowest BCUT2D eigenvalue weighted by Gasteiger charge is -2.15. The summed E-state index contributed by atoms with van der Waals surface area (Å²) >= 11 is 0. The van der Waals surface area contributed by atoms with Gasteiger partial charge in [-0.25, -0.2) is 0 Å². The topological polar surface area (TPSA) is 89.0 Å². The predicted molar refractivity (Wildman–Crippen MR) is 94.3 cm³/mol. The standard InChI is InChI=1S/C17H21N5/c18-4-7-21-16-1-2-17(22-8-5-19)15-10-13-11-20-6-3-12(13)9-14(15)16/h1-3,6,9-11,21-22H,4-5,7-8,18-19H2.